The van der Waals surface area contributed by atoms with Crippen molar-refractivity contribution in [2.24, 2.45) is 11.7 Å². The Morgan fingerprint density at radius 1 is 1.32 bits per heavy atom. The third-order valence-corrected chi connectivity index (χ3v) is 5.59. The molecule has 1 saturated carbocycles. The fourth-order valence-electron chi connectivity index (χ4n) is 2.80. The van der Waals surface area contributed by atoms with Crippen molar-refractivity contribution in [1.29, 1.82) is 0 Å². The Hall–Kier alpha value is -0.910. The number of nitrogens with two attached hydrogens (primary N) is 1. The van der Waals surface area contributed by atoms with E-state index in [0.717, 1.165) is 12.8 Å². The van der Waals surface area contributed by atoms with Crippen LogP contribution in [0, 0.1) is 5.92 Å². The lowest BCUT2D eigenvalue weighted by Crippen LogP contribution is -2.37. The van der Waals surface area contributed by atoms with E-state index in [9.17, 15) is 8.42 Å². The van der Waals surface area contributed by atoms with E-state index >= 15 is 0 Å². The minimum atomic E-state index is -3.47. The monoisotopic (exact) mass is 282 g/mol. The first-order valence-electron chi connectivity index (χ1n) is 6.85. The predicted molar refractivity (Wildman–Crippen MR) is 76.1 cm³/mol. The van der Waals surface area contributed by atoms with E-state index in [0.29, 0.717) is 16.4 Å². The normalized spacial score (nSPS) is 18.6. The predicted octanol–water partition coefficient (Wildman–Crippen LogP) is 2.00. The van der Waals surface area contributed by atoms with Crippen LogP contribution in [0.4, 0.5) is 0 Å². The summed E-state index contributed by atoms with van der Waals surface area (Å²) in [7, 11) is -3.47. The first-order chi connectivity index (χ1) is 9.04. The minimum absolute atomic E-state index is 0.0154. The molecule has 3 N–H and O–H groups in total. The first-order valence-corrected chi connectivity index (χ1v) is 8.33. The maximum Gasteiger partial charge on any atom is 0.241 e. The highest BCUT2D eigenvalue weighted by molar-refractivity contribution is 7.89. The zero-order valence-corrected chi connectivity index (χ0v) is 12.1. The topological polar surface area (TPSA) is 72.2 Å². The Balaban J connectivity index is 2.17. The number of benzene rings is 1. The van der Waals surface area contributed by atoms with Gasteiger partial charge in [0.05, 0.1) is 4.90 Å². The fourth-order valence-corrected chi connectivity index (χ4v) is 4.36. The lowest BCUT2D eigenvalue weighted by atomic mass is 10.0. The number of nitrogens with one attached hydrogen (secondary N) is 1. The fraction of sp³-hybridized carbons (Fsp3) is 0.571. The number of hydrogen-bond acceptors (Lipinski definition) is 3. The van der Waals surface area contributed by atoms with Crippen LogP contribution in [-0.2, 0) is 16.6 Å². The Morgan fingerprint density at radius 2 is 1.95 bits per heavy atom. The number of sulfonamides is 1. The molecule has 0 spiro atoms. The van der Waals surface area contributed by atoms with Gasteiger partial charge in [0.15, 0.2) is 0 Å². The Kier molecular flexibility index (Phi) is 4.60. The molecule has 0 saturated heterocycles. The van der Waals surface area contributed by atoms with Crippen molar-refractivity contribution in [3.63, 3.8) is 0 Å². The minimum Gasteiger partial charge on any atom is -0.326 e. The van der Waals surface area contributed by atoms with Crippen LogP contribution in [0.2, 0.25) is 0 Å². The second-order valence-electron chi connectivity index (χ2n) is 5.27. The smallest absolute Gasteiger partial charge is 0.241 e. The summed E-state index contributed by atoms with van der Waals surface area (Å²) in [6.07, 6.45) is 4.64. The van der Waals surface area contributed by atoms with E-state index in [-0.39, 0.29) is 12.6 Å². The molecule has 5 heteroatoms. The van der Waals surface area contributed by atoms with E-state index in [2.05, 4.69) is 4.72 Å². The van der Waals surface area contributed by atoms with Gasteiger partial charge in [-0.1, -0.05) is 31.0 Å². The van der Waals surface area contributed by atoms with Gasteiger partial charge >= 0.3 is 0 Å². The molecule has 1 unspecified atom stereocenters. The van der Waals surface area contributed by atoms with Gasteiger partial charge < -0.3 is 5.73 Å². The molecule has 1 fully saturated rings. The maximum atomic E-state index is 12.4. The van der Waals surface area contributed by atoms with Crippen molar-refractivity contribution < 1.29 is 8.42 Å². The Labute approximate surface area is 115 Å². The van der Waals surface area contributed by atoms with Crippen molar-refractivity contribution in [3.05, 3.63) is 29.8 Å². The molecule has 1 aromatic carbocycles. The molecule has 1 aliphatic rings. The molecular formula is C14H22N2O2S. The third kappa shape index (κ3) is 3.35. The van der Waals surface area contributed by atoms with Gasteiger partial charge in [-0.25, -0.2) is 13.1 Å². The molecule has 1 atom stereocenters. The largest absolute Gasteiger partial charge is 0.326 e. The molecule has 0 bridgehead atoms. The van der Waals surface area contributed by atoms with Gasteiger partial charge in [0.1, 0.15) is 0 Å². The standard InChI is InChI=1S/C14H22N2O2S/c1-11(12-6-2-3-7-12)16-19(17,18)14-9-5-4-8-13(14)10-15/h4-5,8-9,11-12,16H,2-3,6-7,10,15H2,1H3. The lowest BCUT2D eigenvalue weighted by Gasteiger charge is -2.21. The van der Waals surface area contributed by atoms with Crippen LogP contribution >= 0.6 is 0 Å². The van der Waals surface area contributed by atoms with Crippen LogP contribution in [0.15, 0.2) is 29.2 Å². The van der Waals surface area contributed by atoms with Crippen molar-refractivity contribution in [3.8, 4) is 0 Å². The van der Waals surface area contributed by atoms with Crippen molar-refractivity contribution >= 4 is 10.0 Å². The van der Waals surface area contributed by atoms with Crippen LogP contribution in [0.3, 0.4) is 0 Å². The molecule has 4 nitrogen and oxygen atoms in total. The van der Waals surface area contributed by atoms with E-state index in [1.165, 1.54) is 12.8 Å². The summed E-state index contributed by atoms with van der Waals surface area (Å²) in [5.74, 6) is 0.458. The Bertz CT molecular complexity index is 522. The average molecular weight is 282 g/mol. The lowest BCUT2D eigenvalue weighted by molar-refractivity contribution is 0.424. The third-order valence-electron chi connectivity index (χ3n) is 3.93. The highest BCUT2D eigenvalue weighted by Crippen LogP contribution is 2.28. The first kappa shape index (κ1) is 14.5. The molecule has 2 rings (SSSR count). The summed E-state index contributed by atoms with van der Waals surface area (Å²) in [6.45, 7) is 2.19. The zero-order valence-electron chi connectivity index (χ0n) is 11.3. The van der Waals surface area contributed by atoms with Crippen LogP contribution in [0.1, 0.15) is 38.2 Å². The SMILES string of the molecule is CC(NS(=O)(=O)c1ccccc1CN)C1CCCC1. The quantitative estimate of drug-likeness (QED) is 0.867. The van der Waals surface area contributed by atoms with Gasteiger partial charge in [-0.2, -0.15) is 0 Å². The number of hydrogen-bond donors (Lipinski definition) is 2. The van der Waals surface area contributed by atoms with Gasteiger partial charge in [0, 0.05) is 12.6 Å². The summed E-state index contributed by atoms with van der Waals surface area (Å²) < 4.78 is 27.6. The van der Waals surface area contributed by atoms with E-state index < -0.39 is 10.0 Å². The Morgan fingerprint density at radius 3 is 2.58 bits per heavy atom. The van der Waals surface area contributed by atoms with E-state index in [1.807, 2.05) is 13.0 Å². The zero-order chi connectivity index (χ0) is 13.9. The van der Waals surface area contributed by atoms with Crippen LogP contribution in [0.25, 0.3) is 0 Å². The summed E-state index contributed by atoms with van der Waals surface area (Å²) in [6, 6.07) is 6.90. The molecule has 19 heavy (non-hydrogen) atoms. The van der Waals surface area contributed by atoms with Gasteiger partial charge in [-0.15, -0.1) is 0 Å². The average Bonchev–Trinajstić information content (AvgIpc) is 2.92. The summed E-state index contributed by atoms with van der Waals surface area (Å²) in [5.41, 5.74) is 6.27. The molecule has 0 aliphatic heterocycles. The van der Waals surface area contributed by atoms with Crippen LogP contribution < -0.4 is 10.5 Å². The highest BCUT2D eigenvalue weighted by atomic mass is 32.2. The summed E-state index contributed by atoms with van der Waals surface area (Å²) in [4.78, 5) is 0.308. The van der Waals surface area contributed by atoms with Gasteiger partial charge in [0.2, 0.25) is 10.0 Å². The van der Waals surface area contributed by atoms with Crippen molar-refractivity contribution in [2.75, 3.05) is 0 Å². The van der Waals surface area contributed by atoms with Gasteiger partial charge in [-0.3, -0.25) is 0 Å². The van der Waals surface area contributed by atoms with E-state index in [4.69, 9.17) is 5.73 Å². The van der Waals surface area contributed by atoms with Crippen LogP contribution in [-0.4, -0.2) is 14.5 Å². The second-order valence-corrected chi connectivity index (χ2v) is 6.95. The molecule has 1 aliphatic carbocycles. The van der Waals surface area contributed by atoms with Gasteiger partial charge in [0.25, 0.3) is 0 Å². The van der Waals surface area contributed by atoms with Crippen LogP contribution in [0.5, 0.6) is 0 Å². The highest BCUT2D eigenvalue weighted by Gasteiger charge is 2.26. The summed E-state index contributed by atoms with van der Waals surface area (Å²) in [5, 5.41) is 0. The summed E-state index contributed by atoms with van der Waals surface area (Å²) >= 11 is 0. The maximum absolute atomic E-state index is 12.4. The van der Waals surface area contributed by atoms with Crippen molar-refractivity contribution in [1.82, 2.24) is 4.72 Å². The molecule has 1 aromatic rings. The molecule has 0 radical (unpaired) electrons. The molecule has 0 amide bonds. The van der Waals surface area contributed by atoms with E-state index in [1.54, 1.807) is 18.2 Å². The van der Waals surface area contributed by atoms with Gasteiger partial charge in [-0.05, 0) is 37.3 Å². The molecule has 106 valence electrons. The molecular weight excluding hydrogens is 260 g/mol. The molecule has 0 aromatic heterocycles. The second kappa shape index (κ2) is 6.03. The number of rotatable bonds is 5. The van der Waals surface area contributed by atoms with Crippen molar-refractivity contribution in [2.45, 2.75) is 50.1 Å². The molecule has 0 heterocycles.